The summed E-state index contributed by atoms with van der Waals surface area (Å²) in [5.74, 6) is 0. The Morgan fingerprint density at radius 1 is 1.44 bits per heavy atom. The van der Waals surface area contributed by atoms with E-state index in [2.05, 4.69) is 30.8 Å². The van der Waals surface area contributed by atoms with Crippen molar-refractivity contribution in [1.82, 2.24) is 9.80 Å². The lowest BCUT2D eigenvalue weighted by Crippen LogP contribution is -2.25. The minimum atomic E-state index is 0.801. The molecule has 1 rings (SSSR count). The van der Waals surface area contributed by atoms with E-state index in [-0.39, 0.29) is 0 Å². The van der Waals surface area contributed by atoms with Crippen LogP contribution in [0.25, 0.3) is 0 Å². The molecule has 0 aromatic heterocycles. The van der Waals surface area contributed by atoms with Crippen molar-refractivity contribution in [2.24, 2.45) is 0 Å². The van der Waals surface area contributed by atoms with Crippen molar-refractivity contribution in [3.8, 4) is 0 Å². The van der Waals surface area contributed by atoms with Crippen molar-refractivity contribution in [3.63, 3.8) is 0 Å². The smallest absolute Gasteiger partial charge is 0.0504 e. The molecule has 1 aliphatic rings. The Labute approximate surface area is 57.4 Å². The van der Waals surface area contributed by atoms with E-state index < -0.39 is 0 Å². The van der Waals surface area contributed by atoms with E-state index in [1.807, 2.05) is 0 Å². The lowest BCUT2D eigenvalue weighted by molar-refractivity contribution is 0.282. The topological polar surface area (TPSA) is 6.48 Å². The highest BCUT2D eigenvalue weighted by atomic mass is 15.4. The van der Waals surface area contributed by atoms with E-state index in [1.54, 1.807) is 0 Å². The van der Waals surface area contributed by atoms with Gasteiger partial charge in [0.15, 0.2) is 0 Å². The van der Waals surface area contributed by atoms with Crippen LogP contribution in [0.1, 0.15) is 13.3 Å². The van der Waals surface area contributed by atoms with E-state index in [4.69, 9.17) is 0 Å². The lowest BCUT2D eigenvalue weighted by Gasteiger charge is -2.14. The van der Waals surface area contributed by atoms with Gasteiger partial charge < -0.3 is 0 Å². The molecule has 0 aromatic rings. The number of hydrogen-bond donors (Lipinski definition) is 0. The zero-order chi connectivity index (χ0) is 6.85. The Morgan fingerprint density at radius 2 is 2.11 bits per heavy atom. The largest absolute Gasteiger partial charge is 0.292 e. The molecule has 0 aromatic carbocycles. The average Bonchev–Trinajstić information content (AvgIpc) is 2.10. The third-order valence-corrected chi connectivity index (χ3v) is 2.08. The first-order valence-electron chi connectivity index (χ1n) is 3.62. The van der Waals surface area contributed by atoms with Gasteiger partial charge in [-0.2, -0.15) is 0 Å². The van der Waals surface area contributed by atoms with Crippen molar-refractivity contribution >= 4 is 0 Å². The SMILES string of the molecule is CCC1CN(C)CN1C. The van der Waals surface area contributed by atoms with Gasteiger partial charge in [-0.05, 0) is 20.5 Å². The molecule has 0 aliphatic carbocycles. The van der Waals surface area contributed by atoms with Gasteiger partial charge in [0.25, 0.3) is 0 Å². The molecule has 1 unspecified atom stereocenters. The predicted octanol–water partition coefficient (Wildman–Crippen LogP) is 0.600. The minimum Gasteiger partial charge on any atom is -0.292 e. The summed E-state index contributed by atoms with van der Waals surface area (Å²) in [4.78, 5) is 4.76. The second-order valence-electron chi connectivity index (χ2n) is 3.00. The van der Waals surface area contributed by atoms with E-state index in [0.29, 0.717) is 0 Å². The van der Waals surface area contributed by atoms with Gasteiger partial charge in [0, 0.05) is 12.6 Å². The van der Waals surface area contributed by atoms with Crippen molar-refractivity contribution in [2.45, 2.75) is 19.4 Å². The highest BCUT2D eigenvalue weighted by Gasteiger charge is 2.22. The molecule has 0 N–H and O–H groups in total. The van der Waals surface area contributed by atoms with Crippen LogP contribution < -0.4 is 0 Å². The third kappa shape index (κ3) is 1.43. The summed E-state index contributed by atoms with van der Waals surface area (Å²) < 4.78 is 0. The molecule has 2 nitrogen and oxygen atoms in total. The molecule has 0 bridgehead atoms. The maximum atomic E-state index is 2.40. The van der Waals surface area contributed by atoms with Gasteiger partial charge in [0.05, 0.1) is 6.67 Å². The first-order valence-corrected chi connectivity index (χ1v) is 3.62. The summed E-state index contributed by atoms with van der Waals surface area (Å²) in [5.41, 5.74) is 0. The van der Waals surface area contributed by atoms with Crippen molar-refractivity contribution in [1.29, 1.82) is 0 Å². The first kappa shape index (κ1) is 7.03. The maximum absolute atomic E-state index is 2.40. The molecule has 1 aliphatic heterocycles. The summed E-state index contributed by atoms with van der Waals surface area (Å²) >= 11 is 0. The van der Waals surface area contributed by atoms with Crippen LogP contribution in [0.2, 0.25) is 0 Å². The van der Waals surface area contributed by atoms with Crippen LogP contribution in [0.3, 0.4) is 0 Å². The number of nitrogens with zero attached hydrogens (tertiary/aromatic N) is 2. The lowest BCUT2D eigenvalue weighted by atomic mass is 10.2. The Bertz CT molecular complexity index is 92.9. The quantitative estimate of drug-likeness (QED) is 0.510. The van der Waals surface area contributed by atoms with Crippen LogP contribution >= 0.6 is 0 Å². The van der Waals surface area contributed by atoms with Gasteiger partial charge >= 0.3 is 0 Å². The van der Waals surface area contributed by atoms with Crippen LogP contribution in [0.5, 0.6) is 0 Å². The Morgan fingerprint density at radius 3 is 2.33 bits per heavy atom. The van der Waals surface area contributed by atoms with E-state index >= 15 is 0 Å². The fourth-order valence-electron chi connectivity index (χ4n) is 1.49. The van der Waals surface area contributed by atoms with Crippen LogP contribution in [0.15, 0.2) is 0 Å². The van der Waals surface area contributed by atoms with Gasteiger partial charge in [-0.25, -0.2) is 0 Å². The molecule has 1 heterocycles. The molecule has 1 fully saturated rings. The second kappa shape index (κ2) is 2.67. The first-order chi connectivity index (χ1) is 4.24. The van der Waals surface area contributed by atoms with Crippen LogP contribution in [0.4, 0.5) is 0 Å². The van der Waals surface area contributed by atoms with Crippen LogP contribution in [-0.4, -0.2) is 43.2 Å². The standard InChI is InChI=1S/C7H16N2/c1-4-7-5-8(2)6-9(7)3/h7H,4-6H2,1-3H3. The molecule has 9 heavy (non-hydrogen) atoms. The number of likely N-dealkylation sites (N-methyl/N-ethyl adjacent to an activating group) is 2. The molecule has 0 amide bonds. The van der Waals surface area contributed by atoms with Gasteiger partial charge in [-0.1, -0.05) is 6.92 Å². The fraction of sp³-hybridized carbons (Fsp3) is 1.00. The summed E-state index contributed by atoms with van der Waals surface area (Å²) in [5, 5.41) is 0. The monoisotopic (exact) mass is 128 g/mol. The van der Waals surface area contributed by atoms with Crippen molar-refractivity contribution in [3.05, 3.63) is 0 Å². The minimum absolute atomic E-state index is 0.801. The van der Waals surface area contributed by atoms with Crippen molar-refractivity contribution in [2.75, 3.05) is 27.3 Å². The van der Waals surface area contributed by atoms with Crippen LogP contribution in [0, 0.1) is 0 Å². The summed E-state index contributed by atoms with van der Waals surface area (Å²) in [6.45, 7) is 4.63. The summed E-state index contributed by atoms with van der Waals surface area (Å²) in [6, 6.07) is 0.801. The van der Waals surface area contributed by atoms with Crippen LogP contribution in [-0.2, 0) is 0 Å². The predicted molar refractivity (Wildman–Crippen MR) is 39.3 cm³/mol. The Balaban J connectivity index is 2.38. The molecule has 54 valence electrons. The van der Waals surface area contributed by atoms with Gasteiger partial charge in [0.2, 0.25) is 0 Å². The molecule has 0 saturated carbocycles. The zero-order valence-electron chi connectivity index (χ0n) is 6.59. The normalized spacial score (nSPS) is 31.7. The second-order valence-corrected chi connectivity index (χ2v) is 3.00. The number of rotatable bonds is 1. The van der Waals surface area contributed by atoms with E-state index in [1.165, 1.54) is 13.0 Å². The highest BCUT2D eigenvalue weighted by molar-refractivity contribution is 4.76. The summed E-state index contributed by atoms with van der Waals surface area (Å²) in [7, 11) is 4.36. The van der Waals surface area contributed by atoms with E-state index in [0.717, 1.165) is 12.7 Å². The molecule has 0 spiro atoms. The fourth-order valence-corrected chi connectivity index (χ4v) is 1.49. The molecule has 1 atom stereocenters. The molecule has 2 heteroatoms. The maximum Gasteiger partial charge on any atom is 0.0504 e. The molecular weight excluding hydrogens is 112 g/mol. The third-order valence-electron chi connectivity index (χ3n) is 2.08. The van der Waals surface area contributed by atoms with Gasteiger partial charge in [-0.15, -0.1) is 0 Å². The highest BCUT2D eigenvalue weighted by Crippen LogP contribution is 2.10. The Hall–Kier alpha value is -0.0800. The molecule has 0 radical (unpaired) electrons. The number of hydrogen-bond acceptors (Lipinski definition) is 2. The van der Waals surface area contributed by atoms with Gasteiger partial charge in [0.1, 0.15) is 0 Å². The average molecular weight is 128 g/mol. The molecule has 1 saturated heterocycles. The van der Waals surface area contributed by atoms with Crippen molar-refractivity contribution < 1.29 is 0 Å². The Kier molecular flexibility index (Phi) is 2.09. The zero-order valence-corrected chi connectivity index (χ0v) is 6.59. The van der Waals surface area contributed by atoms with E-state index in [9.17, 15) is 0 Å². The van der Waals surface area contributed by atoms with Gasteiger partial charge in [-0.3, -0.25) is 9.80 Å². The summed E-state index contributed by atoms with van der Waals surface area (Å²) in [6.07, 6.45) is 1.28. The molecular formula is C7H16N2.